The van der Waals surface area contributed by atoms with Gasteiger partial charge in [-0.1, -0.05) is 67.8 Å². The lowest BCUT2D eigenvalue weighted by molar-refractivity contribution is -0.132. The summed E-state index contributed by atoms with van der Waals surface area (Å²) in [6.45, 7) is 10.7. The van der Waals surface area contributed by atoms with Crippen LogP contribution in [-0.4, -0.2) is 11.1 Å². The Morgan fingerprint density at radius 2 is 1.84 bits per heavy atom. The second-order valence-electron chi connectivity index (χ2n) is 3.80. The first kappa shape index (κ1) is 16.6. The number of hydrogen-bond acceptors (Lipinski definition) is 1. The highest BCUT2D eigenvalue weighted by molar-refractivity contribution is 5.85. The van der Waals surface area contributed by atoms with Crippen molar-refractivity contribution in [2.45, 2.75) is 13.8 Å². The summed E-state index contributed by atoms with van der Waals surface area (Å²) in [5, 5.41) is 8.11. The van der Waals surface area contributed by atoms with Crippen molar-refractivity contribution < 1.29 is 9.90 Å². The van der Waals surface area contributed by atoms with Gasteiger partial charge in [0.15, 0.2) is 0 Å². The average Bonchev–Trinajstić information content (AvgIpc) is 2.45. The Hall–Kier alpha value is -2.35. The highest BCUT2D eigenvalue weighted by atomic mass is 16.4. The first-order valence-electron chi connectivity index (χ1n) is 5.92. The van der Waals surface area contributed by atoms with E-state index >= 15 is 0 Å². The summed E-state index contributed by atoms with van der Waals surface area (Å²) in [5.41, 5.74) is 2.50. The first-order chi connectivity index (χ1) is 9.01. The van der Waals surface area contributed by atoms with Gasteiger partial charge in [-0.05, 0) is 25.0 Å². The highest BCUT2D eigenvalue weighted by Crippen LogP contribution is 2.03. The molecule has 0 atom stereocenters. The molecule has 1 aromatic rings. The molecule has 100 valence electrons. The zero-order chi connectivity index (χ0) is 14.7. The Bertz CT molecular complexity index is 479. The van der Waals surface area contributed by atoms with Crippen molar-refractivity contribution in [1.29, 1.82) is 0 Å². The molecule has 0 radical (unpaired) electrons. The number of carboxylic acids is 1. The van der Waals surface area contributed by atoms with E-state index in [4.69, 9.17) is 5.11 Å². The lowest BCUT2D eigenvalue weighted by Gasteiger charge is -1.90. The van der Waals surface area contributed by atoms with Crippen molar-refractivity contribution in [1.82, 2.24) is 0 Å². The maximum Gasteiger partial charge on any atom is 0.330 e. The van der Waals surface area contributed by atoms with Crippen LogP contribution in [0, 0.1) is 0 Å². The maximum absolute atomic E-state index is 9.86. The molecule has 0 amide bonds. The van der Waals surface area contributed by atoms with Gasteiger partial charge in [0.1, 0.15) is 0 Å². The third kappa shape index (κ3) is 8.38. The van der Waals surface area contributed by atoms with Crippen molar-refractivity contribution in [2.75, 3.05) is 0 Å². The minimum absolute atomic E-state index is 0.389. The second-order valence-corrected chi connectivity index (χ2v) is 3.80. The van der Waals surface area contributed by atoms with Crippen LogP contribution in [0.4, 0.5) is 0 Å². The number of carbonyl (C=O) groups is 1. The summed E-state index contributed by atoms with van der Waals surface area (Å²) in [5.74, 6) is -0.845. The molecular formula is C17H20O2. The Labute approximate surface area is 115 Å². The fourth-order valence-corrected chi connectivity index (χ4v) is 0.959. The molecule has 2 nitrogen and oxygen atoms in total. The third-order valence-corrected chi connectivity index (χ3v) is 2.32. The Morgan fingerprint density at radius 3 is 2.21 bits per heavy atom. The summed E-state index contributed by atoms with van der Waals surface area (Å²) in [7, 11) is 0. The number of benzene rings is 1. The van der Waals surface area contributed by atoms with Gasteiger partial charge in [-0.15, -0.1) is 0 Å². The van der Waals surface area contributed by atoms with Gasteiger partial charge in [0, 0.05) is 5.57 Å². The van der Waals surface area contributed by atoms with Gasteiger partial charge in [-0.25, -0.2) is 4.79 Å². The zero-order valence-electron chi connectivity index (χ0n) is 11.5. The topological polar surface area (TPSA) is 37.3 Å². The molecule has 1 rings (SSSR count). The van der Waals surface area contributed by atoms with E-state index in [2.05, 4.69) is 13.2 Å². The molecule has 0 unspecified atom stereocenters. The number of carboxylic acid groups (broad SMARTS) is 1. The molecule has 0 spiro atoms. The summed E-state index contributed by atoms with van der Waals surface area (Å²) in [6.07, 6.45) is 7.26. The smallest absolute Gasteiger partial charge is 0.330 e. The van der Waals surface area contributed by atoms with Crippen molar-refractivity contribution in [3.63, 3.8) is 0 Å². The monoisotopic (exact) mass is 256 g/mol. The van der Waals surface area contributed by atoms with Crippen LogP contribution in [0.2, 0.25) is 0 Å². The Balaban J connectivity index is 0.000000399. The molecule has 1 aromatic carbocycles. The highest BCUT2D eigenvalue weighted by Gasteiger charge is 1.93. The lowest BCUT2D eigenvalue weighted by atomic mass is 10.2. The predicted octanol–water partition coefficient (Wildman–Crippen LogP) is 4.48. The minimum atomic E-state index is -0.845. The van der Waals surface area contributed by atoms with Gasteiger partial charge < -0.3 is 5.11 Å². The second kappa shape index (κ2) is 9.66. The maximum atomic E-state index is 9.86. The largest absolute Gasteiger partial charge is 0.478 e. The van der Waals surface area contributed by atoms with Crippen molar-refractivity contribution in [3.05, 3.63) is 78.4 Å². The summed E-state index contributed by atoms with van der Waals surface area (Å²) in [4.78, 5) is 9.86. The van der Waals surface area contributed by atoms with E-state index in [0.717, 1.165) is 5.57 Å². The van der Waals surface area contributed by atoms with Crippen molar-refractivity contribution in [3.8, 4) is 0 Å². The van der Waals surface area contributed by atoms with E-state index < -0.39 is 5.97 Å². The predicted molar refractivity (Wildman–Crippen MR) is 81.9 cm³/mol. The molecule has 0 bridgehead atoms. The zero-order valence-corrected chi connectivity index (χ0v) is 11.5. The summed E-state index contributed by atoms with van der Waals surface area (Å²) in [6, 6.07) is 10.1. The normalized spacial score (nSPS) is 10.5. The van der Waals surface area contributed by atoms with E-state index in [1.807, 2.05) is 42.5 Å². The van der Waals surface area contributed by atoms with Crippen molar-refractivity contribution in [2.24, 2.45) is 0 Å². The molecule has 1 N–H and O–H groups in total. The quantitative estimate of drug-likeness (QED) is 0.637. The van der Waals surface area contributed by atoms with Crippen LogP contribution in [0.5, 0.6) is 0 Å². The molecule has 0 fully saturated rings. The van der Waals surface area contributed by atoms with Gasteiger partial charge in [-0.2, -0.15) is 0 Å². The van der Waals surface area contributed by atoms with Gasteiger partial charge in [0.2, 0.25) is 0 Å². The molecular weight excluding hydrogens is 236 g/mol. The van der Waals surface area contributed by atoms with Crippen LogP contribution < -0.4 is 0 Å². The molecule has 0 heterocycles. The Morgan fingerprint density at radius 1 is 1.26 bits per heavy atom. The number of rotatable bonds is 4. The fourth-order valence-electron chi connectivity index (χ4n) is 0.959. The van der Waals surface area contributed by atoms with E-state index in [1.165, 1.54) is 5.56 Å². The standard InChI is InChI=1S/C12H12.C5H8O2/c1-3-11(2)9-10-12-7-5-4-6-8-12;1-3-4(2)5(6)7/h3-10H,1-2H2;3H,1-2H3,(H,6,7). The molecule has 0 aromatic heterocycles. The van der Waals surface area contributed by atoms with Crippen LogP contribution in [0.1, 0.15) is 19.4 Å². The third-order valence-electron chi connectivity index (χ3n) is 2.32. The van der Waals surface area contributed by atoms with E-state index in [-0.39, 0.29) is 0 Å². The molecule has 19 heavy (non-hydrogen) atoms. The molecule has 0 saturated carbocycles. The summed E-state index contributed by atoms with van der Waals surface area (Å²) >= 11 is 0. The van der Waals surface area contributed by atoms with Crippen LogP contribution in [0.3, 0.4) is 0 Å². The lowest BCUT2D eigenvalue weighted by Crippen LogP contribution is -1.93. The van der Waals surface area contributed by atoms with Crippen molar-refractivity contribution >= 4 is 12.0 Å². The van der Waals surface area contributed by atoms with E-state index in [9.17, 15) is 4.79 Å². The van der Waals surface area contributed by atoms with Crippen LogP contribution >= 0.6 is 0 Å². The SMILES string of the molecule is C=CC(=C)C=Cc1ccccc1.CC=C(C)C(=O)O. The van der Waals surface area contributed by atoms with E-state index in [1.54, 1.807) is 26.0 Å². The molecule has 0 aliphatic heterocycles. The molecule has 2 heteroatoms. The first-order valence-corrected chi connectivity index (χ1v) is 5.92. The summed E-state index contributed by atoms with van der Waals surface area (Å²) < 4.78 is 0. The molecule has 0 aliphatic carbocycles. The van der Waals surface area contributed by atoms with Gasteiger partial charge in [0.25, 0.3) is 0 Å². The van der Waals surface area contributed by atoms with Gasteiger partial charge >= 0.3 is 5.97 Å². The fraction of sp³-hybridized carbons (Fsp3) is 0.118. The van der Waals surface area contributed by atoms with Gasteiger partial charge in [0.05, 0.1) is 0 Å². The average molecular weight is 256 g/mol. The molecule has 0 aliphatic rings. The Kier molecular flexibility index (Phi) is 8.46. The number of hydrogen-bond donors (Lipinski definition) is 1. The van der Waals surface area contributed by atoms with E-state index in [0.29, 0.717) is 5.57 Å². The van der Waals surface area contributed by atoms with Crippen LogP contribution in [-0.2, 0) is 4.79 Å². The number of aliphatic carboxylic acids is 1. The van der Waals surface area contributed by atoms with Crippen LogP contribution in [0.15, 0.2) is 72.9 Å². The van der Waals surface area contributed by atoms with Gasteiger partial charge in [-0.3, -0.25) is 0 Å². The van der Waals surface area contributed by atoms with Crippen LogP contribution in [0.25, 0.3) is 6.08 Å². The number of allylic oxidation sites excluding steroid dienone is 4. The minimum Gasteiger partial charge on any atom is -0.478 e. The molecule has 0 saturated heterocycles.